The Morgan fingerprint density at radius 2 is 1.83 bits per heavy atom. The third-order valence-electron chi connectivity index (χ3n) is 3.86. The van der Waals surface area contributed by atoms with E-state index in [1.165, 1.54) is 5.56 Å². The molecule has 0 radical (unpaired) electrons. The second kappa shape index (κ2) is 6.71. The van der Waals surface area contributed by atoms with Crippen molar-refractivity contribution >= 4 is 0 Å². The minimum Gasteiger partial charge on any atom is -0.299 e. The summed E-state index contributed by atoms with van der Waals surface area (Å²) < 4.78 is 1.83. The highest BCUT2D eigenvalue weighted by Gasteiger charge is 2.22. The molecule has 0 N–H and O–H groups in total. The number of hydrogen-bond donors (Lipinski definition) is 0. The quantitative estimate of drug-likeness (QED) is 0.727. The first-order chi connectivity index (χ1) is 11.1. The highest BCUT2D eigenvalue weighted by Crippen LogP contribution is 2.22. The van der Waals surface area contributed by atoms with Crippen LogP contribution in [0, 0.1) is 6.92 Å². The molecular formula is C18H21N5. The van der Waals surface area contributed by atoms with Gasteiger partial charge in [-0.3, -0.25) is 4.90 Å². The van der Waals surface area contributed by atoms with Crippen molar-refractivity contribution in [1.82, 2.24) is 24.6 Å². The molecule has 0 spiro atoms. The van der Waals surface area contributed by atoms with Crippen molar-refractivity contribution in [3.05, 3.63) is 71.9 Å². The number of rotatable bonds is 5. The maximum Gasteiger partial charge on any atom is 0.155 e. The molecule has 2 heterocycles. The van der Waals surface area contributed by atoms with E-state index in [4.69, 9.17) is 0 Å². The van der Waals surface area contributed by atoms with Gasteiger partial charge < -0.3 is 0 Å². The summed E-state index contributed by atoms with van der Waals surface area (Å²) in [5, 5.41) is 4.39. The standard InChI is InChI=1S/C18H21N5/c1-14-8-7-11-17(21-14)23-18(19-13-20-23)16(22(2)3)12-15-9-5-4-6-10-15/h4-11,13,16H,12H2,1-3H3/t16-/m0/s1. The molecule has 118 valence electrons. The highest BCUT2D eigenvalue weighted by molar-refractivity contribution is 5.26. The predicted octanol–water partition coefficient (Wildman–Crippen LogP) is 2.82. The summed E-state index contributed by atoms with van der Waals surface area (Å²) in [5.41, 5.74) is 2.24. The molecule has 3 rings (SSSR count). The van der Waals surface area contributed by atoms with Gasteiger partial charge >= 0.3 is 0 Å². The van der Waals surface area contributed by atoms with Gasteiger partial charge in [-0.2, -0.15) is 9.78 Å². The Hall–Kier alpha value is -2.53. The lowest BCUT2D eigenvalue weighted by Gasteiger charge is -2.24. The summed E-state index contributed by atoms with van der Waals surface area (Å²) >= 11 is 0. The Morgan fingerprint density at radius 1 is 1.04 bits per heavy atom. The number of hydrogen-bond acceptors (Lipinski definition) is 4. The summed E-state index contributed by atoms with van der Waals surface area (Å²) in [6.07, 6.45) is 2.47. The number of benzene rings is 1. The van der Waals surface area contributed by atoms with Gasteiger partial charge in [-0.1, -0.05) is 36.4 Å². The zero-order chi connectivity index (χ0) is 16.2. The molecule has 0 aliphatic rings. The van der Waals surface area contributed by atoms with Gasteiger partial charge in [0.2, 0.25) is 0 Å². The van der Waals surface area contributed by atoms with Gasteiger partial charge in [0.1, 0.15) is 6.33 Å². The van der Waals surface area contributed by atoms with Gasteiger partial charge in [0.05, 0.1) is 6.04 Å². The van der Waals surface area contributed by atoms with Gasteiger partial charge in [0.25, 0.3) is 0 Å². The summed E-state index contributed by atoms with van der Waals surface area (Å²) in [6, 6.07) is 16.5. The van der Waals surface area contributed by atoms with Gasteiger partial charge in [0.15, 0.2) is 11.6 Å². The molecule has 0 aliphatic carbocycles. The average molecular weight is 307 g/mol. The highest BCUT2D eigenvalue weighted by atomic mass is 15.4. The largest absolute Gasteiger partial charge is 0.299 e. The van der Waals surface area contributed by atoms with E-state index in [-0.39, 0.29) is 6.04 Å². The number of pyridine rings is 1. The Bertz CT molecular complexity index is 764. The van der Waals surface area contributed by atoms with Crippen molar-refractivity contribution in [3.63, 3.8) is 0 Å². The summed E-state index contributed by atoms with van der Waals surface area (Å²) in [6.45, 7) is 1.98. The topological polar surface area (TPSA) is 46.8 Å². The predicted molar refractivity (Wildman–Crippen MR) is 90.5 cm³/mol. The second-order valence-corrected chi connectivity index (χ2v) is 5.84. The van der Waals surface area contributed by atoms with Crippen LogP contribution < -0.4 is 0 Å². The van der Waals surface area contributed by atoms with Crippen LogP contribution in [0.25, 0.3) is 5.82 Å². The van der Waals surface area contributed by atoms with Crippen molar-refractivity contribution < 1.29 is 0 Å². The molecule has 1 atom stereocenters. The Kier molecular flexibility index (Phi) is 4.48. The first kappa shape index (κ1) is 15.4. The lowest BCUT2D eigenvalue weighted by molar-refractivity contribution is 0.281. The zero-order valence-corrected chi connectivity index (χ0v) is 13.7. The number of likely N-dealkylation sites (N-methyl/N-ethyl adjacent to an activating group) is 1. The number of aryl methyl sites for hydroxylation is 1. The van der Waals surface area contributed by atoms with E-state index < -0.39 is 0 Å². The molecule has 0 fully saturated rings. The lowest BCUT2D eigenvalue weighted by Crippen LogP contribution is -2.25. The van der Waals surface area contributed by atoms with Crippen molar-refractivity contribution in [1.29, 1.82) is 0 Å². The van der Waals surface area contributed by atoms with E-state index in [9.17, 15) is 0 Å². The molecule has 23 heavy (non-hydrogen) atoms. The first-order valence-electron chi connectivity index (χ1n) is 7.69. The second-order valence-electron chi connectivity index (χ2n) is 5.84. The number of nitrogens with zero attached hydrogens (tertiary/aromatic N) is 5. The minimum absolute atomic E-state index is 0.127. The van der Waals surface area contributed by atoms with Crippen molar-refractivity contribution in [2.24, 2.45) is 0 Å². The minimum atomic E-state index is 0.127. The van der Waals surface area contributed by atoms with Crippen LogP contribution in [0.1, 0.15) is 23.1 Å². The summed E-state index contributed by atoms with van der Waals surface area (Å²) in [5.74, 6) is 1.70. The smallest absolute Gasteiger partial charge is 0.155 e. The van der Waals surface area contributed by atoms with Crippen LogP contribution in [0.3, 0.4) is 0 Å². The van der Waals surface area contributed by atoms with Gasteiger partial charge in [-0.25, -0.2) is 9.97 Å². The maximum absolute atomic E-state index is 4.57. The van der Waals surface area contributed by atoms with E-state index in [0.717, 1.165) is 23.8 Å². The fourth-order valence-electron chi connectivity index (χ4n) is 2.64. The van der Waals surface area contributed by atoms with E-state index in [2.05, 4.69) is 58.3 Å². The number of aromatic nitrogens is 4. The maximum atomic E-state index is 4.57. The molecule has 0 amide bonds. The van der Waals surface area contributed by atoms with E-state index in [1.807, 2.05) is 35.9 Å². The molecule has 5 nitrogen and oxygen atoms in total. The third-order valence-corrected chi connectivity index (χ3v) is 3.86. The molecule has 3 aromatic rings. The fourth-order valence-corrected chi connectivity index (χ4v) is 2.64. The fraction of sp³-hybridized carbons (Fsp3) is 0.278. The van der Waals surface area contributed by atoms with E-state index in [0.29, 0.717) is 0 Å². The lowest BCUT2D eigenvalue weighted by atomic mass is 10.0. The van der Waals surface area contributed by atoms with Gasteiger partial charge in [-0.05, 0) is 45.1 Å². The van der Waals surface area contributed by atoms with Crippen LogP contribution in [0.15, 0.2) is 54.9 Å². The molecule has 1 aromatic carbocycles. The molecule has 2 aromatic heterocycles. The van der Waals surface area contributed by atoms with Crippen LogP contribution in [0.5, 0.6) is 0 Å². The molecule has 0 bridgehead atoms. The van der Waals surface area contributed by atoms with Crippen LogP contribution in [0.4, 0.5) is 0 Å². The molecule has 0 unspecified atom stereocenters. The Balaban J connectivity index is 1.97. The molecule has 5 heteroatoms. The van der Waals surface area contributed by atoms with Crippen LogP contribution >= 0.6 is 0 Å². The van der Waals surface area contributed by atoms with E-state index in [1.54, 1.807) is 6.33 Å². The molecule has 0 saturated heterocycles. The molecule has 0 aliphatic heterocycles. The monoisotopic (exact) mass is 307 g/mol. The van der Waals surface area contributed by atoms with Gasteiger partial charge in [-0.15, -0.1) is 0 Å². The summed E-state index contributed by atoms with van der Waals surface area (Å²) in [7, 11) is 4.13. The first-order valence-corrected chi connectivity index (χ1v) is 7.69. The van der Waals surface area contributed by atoms with Crippen LogP contribution in [0.2, 0.25) is 0 Å². The SMILES string of the molecule is Cc1cccc(-n2ncnc2[C@H](Cc2ccccc2)N(C)C)n1. The summed E-state index contributed by atoms with van der Waals surface area (Å²) in [4.78, 5) is 11.2. The van der Waals surface area contributed by atoms with Crippen molar-refractivity contribution in [2.45, 2.75) is 19.4 Å². The van der Waals surface area contributed by atoms with Crippen molar-refractivity contribution in [2.75, 3.05) is 14.1 Å². The van der Waals surface area contributed by atoms with E-state index >= 15 is 0 Å². The van der Waals surface area contributed by atoms with Crippen LogP contribution in [-0.2, 0) is 6.42 Å². The Morgan fingerprint density at radius 3 is 2.52 bits per heavy atom. The normalized spacial score (nSPS) is 12.5. The van der Waals surface area contributed by atoms with Crippen molar-refractivity contribution in [3.8, 4) is 5.82 Å². The zero-order valence-electron chi connectivity index (χ0n) is 13.7. The molecular weight excluding hydrogens is 286 g/mol. The van der Waals surface area contributed by atoms with Gasteiger partial charge in [0, 0.05) is 5.69 Å². The average Bonchev–Trinajstić information content (AvgIpc) is 3.02. The molecule has 0 saturated carbocycles. The Labute approximate surface area is 136 Å². The van der Waals surface area contributed by atoms with Crippen LogP contribution in [-0.4, -0.2) is 38.7 Å². The third kappa shape index (κ3) is 3.46.